The summed E-state index contributed by atoms with van der Waals surface area (Å²) in [5.74, 6) is -0.256. The van der Waals surface area contributed by atoms with E-state index < -0.39 is 0 Å². The van der Waals surface area contributed by atoms with Gasteiger partial charge in [-0.25, -0.2) is 0 Å². The summed E-state index contributed by atoms with van der Waals surface area (Å²) in [7, 11) is 6.97. The number of methoxy groups -OCH3 is 2. The fourth-order valence-electron chi connectivity index (χ4n) is 5.47. The lowest BCUT2D eigenvalue weighted by Crippen LogP contribution is -2.20. The van der Waals surface area contributed by atoms with Crippen molar-refractivity contribution < 1.29 is 28.6 Å². The van der Waals surface area contributed by atoms with Crippen molar-refractivity contribution in [1.82, 2.24) is 4.90 Å². The number of unbranched alkanes of at least 4 members (excludes halogenated alkanes) is 16. The van der Waals surface area contributed by atoms with Crippen molar-refractivity contribution in [2.75, 3.05) is 34.9 Å². The number of esters is 3. The van der Waals surface area contributed by atoms with Crippen molar-refractivity contribution in [3.63, 3.8) is 0 Å². The monoisotopic (exact) mass is 650 g/mol. The SMILES string of the molecule is COC(=O)CCCCC=CCCCCCCCCC(CCCCCCCCC=CCCCCC(=O)OC)OC(=O)CCCN(C)C. The summed E-state index contributed by atoms with van der Waals surface area (Å²) in [6.45, 7) is 0.916. The molecule has 7 nitrogen and oxygen atoms in total. The summed E-state index contributed by atoms with van der Waals surface area (Å²) in [5.41, 5.74) is 0. The second-order valence-corrected chi connectivity index (χ2v) is 13.0. The molecule has 0 N–H and O–H groups in total. The summed E-state index contributed by atoms with van der Waals surface area (Å²) in [4.78, 5) is 36.8. The lowest BCUT2D eigenvalue weighted by molar-refractivity contribution is -0.150. The summed E-state index contributed by atoms with van der Waals surface area (Å²) in [5, 5.41) is 0. The Kier molecular flexibility index (Phi) is 32.6. The highest BCUT2D eigenvalue weighted by Gasteiger charge is 2.14. The molecule has 0 amide bonds. The Bertz CT molecular complexity index is 728. The first-order valence-electron chi connectivity index (χ1n) is 18.7. The first kappa shape index (κ1) is 43.9. The van der Waals surface area contributed by atoms with E-state index in [1.807, 2.05) is 14.1 Å². The first-order valence-corrected chi connectivity index (χ1v) is 18.7. The van der Waals surface area contributed by atoms with Crippen molar-refractivity contribution in [3.05, 3.63) is 24.3 Å². The van der Waals surface area contributed by atoms with Crippen LogP contribution in [0.25, 0.3) is 0 Å². The molecule has 0 aromatic carbocycles. The summed E-state index contributed by atoms with van der Waals surface area (Å²) >= 11 is 0. The highest BCUT2D eigenvalue weighted by atomic mass is 16.5. The van der Waals surface area contributed by atoms with E-state index in [0.717, 1.165) is 90.0 Å². The number of carbonyl (C=O) groups is 3. The average Bonchev–Trinajstić information content (AvgIpc) is 3.04. The predicted molar refractivity (Wildman–Crippen MR) is 191 cm³/mol. The van der Waals surface area contributed by atoms with Crippen LogP contribution in [0, 0.1) is 0 Å². The zero-order valence-electron chi connectivity index (χ0n) is 30.4. The number of nitrogens with zero attached hydrogens (tertiary/aromatic N) is 1. The largest absolute Gasteiger partial charge is 0.469 e. The van der Waals surface area contributed by atoms with Crippen LogP contribution in [0.3, 0.4) is 0 Å². The minimum atomic E-state index is -0.114. The molecule has 0 saturated heterocycles. The highest BCUT2D eigenvalue weighted by molar-refractivity contribution is 5.69. The molecule has 0 spiro atoms. The maximum atomic E-state index is 12.5. The maximum absolute atomic E-state index is 12.5. The summed E-state index contributed by atoms with van der Waals surface area (Å²) in [6, 6.07) is 0. The zero-order chi connectivity index (χ0) is 33.9. The van der Waals surface area contributed by atoms with Crippen LogP contribution < -0.4 is 0 Å². The van der Waals surface area contributed by atoms with Crippen molar-refractivity contribution in [2.24, 2.45) is 0 Å². The molecule has 0 aromatic heterocycles. The molecule has 0 aromatic rings. The molecular formula is C39H71NO6. The van der Waals surface area contributed by atoms with Gasteiger partial charge in [0.05, 0.1) is 14.2 Å². The van der Waals surface area contributed by atoms with Crippen LogP contribution in [0.2, 0.25) is 0 Å². The topological polar surface area (TPSA) is 82.1 Å². The van der Waals surface area contributed by atoms with Gasteiger partial charge in [-0.05, 0) is 117 Å². The van der Waals surface area contributed by atoms with Gasteiger partial charge in [0.15, 0.2) is 0 Å². The number of ether oxygens (including phenoxy) is 3. The fourth-order valence-corrected chi connectivity index (χ4v) is 5.47. The van der Waals surface area contributed by atoms with Crippen LogP contribution in [-0.4, -0.2) is 63.8 Å². The van der Waals surface area contributed by atoms with Crippen LogP contribution >= 0.6 is 0 Å². The number of allylic oxidation sites excluding steroid dienone is 4. The molecule has 46 heavy (non-hydrogen) atoms. The molecule has 268 valence electrons. The van der Waals surface area contributed by atoms with Gasteiger partial charge in [-0.15, -0.1) is 0 Å². The maximum Gasteiger partial charge on any atom is 0.306 e. The van der Waals surface area contributed by atoms with E-state index in [2.05, 4.69) is 38.7 Å². The van der Waals surface area contributed by atoms with Crippen molar-refractivity contribution in [1.29, 1.82) is 0 Å². The van der Waals surface area contributed by atoms with Gasteiger partial charge in [-0.2, -0.15) is 0 Å². The van der Waals surface area contributed by atoms with Crippen molar-refractivity contribution in [3.8, 4) is 0 Å². The predicted octanol–water partition coefficient (Wildman–Crippen LogP) is 10.1. The van der Waals surface area contributed by atoms with E-state index in [9.17, 15) is 14.4 Å². The third-order valence-electron chi connectivity index (χ3n) is 8.37. The molecule has 0 unspecified atom stereocenters. The normalized spacial score (nSPS) is 12.3. The molecular weight excluding hydrogens is 578 g/mol. The van der Waals surface area contributed by atoms with E-state index in [4.69, 9.17) is 4.74 Å². The number of rotatable bonds is 33. The molecule has 0 bridgehead atoms. The number of carbonyl (C=O) groups excluding carboxylic acids is 3. The zero-order valence-corrected chi connectivity index (χ0v) is 30.4. The Morgan fingerprint density at radius 2 is 0.826 bits per heavy atom. The second-order valence-electron chi connectivity index (χ2n) is 13.0. The standard InChI is InChI=1S/C39H71NO6/c1-40(2)35-29-34-39(43)46-36(30-25-21-17-13-9-5-7-11-15-19-23-27-32-37(41)44-3)31-26-22-18-14-10-6-8-12-16-20-24-28-33-38(42)45-4/h11-12,15-16,36H,5-10,13-14,17-35H2,1-4H3. The van der Waals surface area contributed by atoms with Gasteiger partial charge < -0.3 is 19.1 Å². The Morgan fingerprint density at radius 3 is 1.22 bits per heavy atom. The van der Waals surface area contributed by atoms with E-state index in [1.54, 1.807) is 0 Å². The summed E-state index contributed by atoms with van der Waals surface area (Å²) in [6.07, 6.45) is 36.6. The van der Waals surface area contributed by atoms with Gasteiger partial charge in [0.2, 0.25) is 0 Å². The quantitative estimate of drug-likeness (QED) is 0.0303. The third-order valence-corrected chi connectivity index (χ3v) is 8.37. The lowest BCUT2D eigenvalue weighted by Gasteiger charge is -2.18. The first-order chi connectivity index (χ1) is 22.4. The molecule has 0 saturated carbocycles. The molecule has 0 atom stereocenters. The third kappa shape index (κ3) is 33.2. The van der Waals surface area contributed by atoms with E-state index >= 15 is 0 Å². The minimum absolute atomic E-state index is 0.0279. The lowest BCUT2D eigenvalue weighted by atomic mass is 10.0. The van der Waals surface area contributed by atoms with Gasteiger partial charge in [-0.1, -0.05) is 75.7 Å². The number of hydrogen-bond donors (Lipinski definition) is 0. The molecule has 0 rings (SSSR count). The molecule has 0 aliphatic carbocycles. The highest BCUT2D eigenvalue weighted by Crippen LogP contribution is 2.18. The van der Waals surface area contributed by atoms with Crippen LogP contribution in [0.1, 0.15) is 167 Å². The smallest absolute Gasteiger partial charge is 0.306 e. The van der Waals surface area contributed by atoms with Crippen LogP contribution in [0.5, 0.6) is 0 Å². The fraction of sp³-hybridized carbons (Fsp3) is 0.821. The minimum Gasteiger partial charge on any atom is -0.469 e. The van der Waals surface area contributed by atoms with Crippen molar-refractivity contribution >= 4 is 17.9 Å². The van der Waals surface area contributed by atoms with E-state index in [0.29, 0.717) is 19.3 Å². The van der Waals surface area contributed by atoms with Gasteiger partial charge in [-0.3, -0.25) is 14.4 Å². The van der Waals surface area contributed by atoms with Crippen molar-refractivity contribution in [2.45, 2.75) is 173 Å². The second kappa shape index (κ2) is 34.2. The van der Waals surface area contributed by atoms with Gasteiger partial charge in [0.1, 0.15) is 6.10 Å². The Labute approximate surface area is 283 Å². The Hall–Kier alpha value is -2.15. The van der Waals surface area contributed by atoms with E-state index in [-0.39, 0.29) is 24.0 Å². The molecule has 0 radical (unpaired) electrons. The molecule has 0 aliphatic rings. The van der Waals surface area contributed by atoms with Gasteiger partial charge in [0, 0.05) is 19.3 Å². The van der Waals surface area contributed by atoms with Crippen LogP contribution in [0.15, 0.2) is 24.3 Å². The molecule has 0 heterocycles. The Balaban J connectivity index is 4.00. The van der Waals surface area contributed by atoms with E-state index in [1.165, 1.54) is 78.4 Å². The molecule has 0 fully saturated rings. The Morgan fingerprint density at radius 1 is 0.478 bits per heavy atom. The van der Waals surface area contributed by atoms with Crippen LogP contribution in [-0.2, 0) is 28.6 Å². The molecule has 7 heteroatoms. The van der Waals surface area contributed by atoms with Crippen LogP contribution in [0.4, 0.5) is 0 Å². The average molecular weight is 650 g/mol. The summed E-state index contributed by atoms with van der Waals surface area (Å²) < 4.78 is 15.3. The number of hydrogen-bond acceptors (Lipinski definition) is 7. The molecule has 0 aliphatic heterocycles. The van der Waals surface area contributed by atoms with Gasteiger partial charge in [0.25, 0.3) is 0 Å². The van der Waals surface area contributed by atoms with Gasteiger partial charge >= 0.3 is 17.9 Å².